The van der Waals surface area contributed by atoms with Crippen LogP contribution < -0.4 is 10.1 Å². The molecule has 3 N–H and O–H groups in total. The zero-order valence-electron chi connectivity index (χ0n) is 17.0. The summed E-state index contributed by atoms with van der Waals surface area (Å²) in [6.07, 6.45) is -5.63. The van der Waals surface area contributed by atoms with Crippen LogP contribution >= 0.6 is 0 Å². The number of rotatable bonds is 9. The van der Waals surface area contributed by atoms with E-state index < -0.39 is 41.9 Å². The smallest absolute Gasteiger partial charge is 0.416 e. The number of aliphatic hydroxyl groups is 1. The van der Waals surface area contributed by atoms with Crippen LogP contribution in [-0.2, 0) is 12.1 Å². The van der Waals surface area contributed by atoms with E-state index in [1.165, 1.54) is 19.4 Å². The number of alkyl halides is 3. The van der Waals surface area contributed by atoms with Crippen molar-refractivity contribution in [2.75, 3.05) is 7.11 Å². The number of carbonyl (C=O) groups is 2. The number of carboxylic acids is 1. The summed E-state index contributed by atoms with van der Waals surface area (Å²) in [5, 5.41) is 28.6. The number of ether oxygens (including phenoxy) is 1. The van der Waals surface area contributed by atoms with E-state index >= 15 is 0 Å². The molecule has 0 radical (unpaired) electrons. The Morgan fingerprint density at radius 2 is 1.84 bits per heavy atom. The molecule has 1 unspecified atom stereocenters. The van der Waals surface area contributed by atoms with Crippen molar-refractivity contribution >= 4 is 11.9 Å². The molecular formula is C18H22F3N5O5. The third-order valence-corrected chi connectivity index (χ3v) is 4.81. The maximum atomic E-state index is 12.8. The summed E-state index contributed by atoms with van der Waals surface area (Å²) in [5.41, 5.74) is -1.55. The molecule has 2 aromatic rings. The second-order valence-corrected chi connectivity index (χ2v) is 6.71. The quantitative estimate of drug-likeness (QED) is 0.531. The summed E-state index contributed by atoms with van der Waals surface area (Å²) in [5.74, 6) is -1.96. The Hall–Kier alpha value is -3.22. The fourth-order valence-electron chi connectivity index (χ4n) is 2.87. The molecule has 13 heteroatoms. The van der Waals surface area contributed by atoms with Gasteiger partial charge < -0.3 is 20.3 Å². The van der Waals surface area contributed by atoms with Crippen molar-refractivity contribution in [1.82, 2.24) is 25.3 Å². The fraction of sp³-hybridized carbons (Fsp3) is 0.500. The number of pyridine rings is 1. The second kappa shape index (κ2) is 9.29. The highest BCUT2D eigenvalue weighted by Gasteiger charge is 2.39. The molecule has 0 aliphatic rings. The van der Waals surface area contributed by atoms with Crippen molar-refractivity contribution in [3.63, 3.8) is 0 Å². The van der Waals surface area contributed by atoms with Crippen molar-refractivity contribution in [3.05, 3.63) is 35.4 Å². The lowest BCUT2D eigenvalue weighted by Crippen LogP contribution is -2.45. The SMILES string of the molecule is CCC(CC)(NC(=O)c1cc(OC)cc(C(=O)O)n1)c1cn(CC(O)C(F)(F)F)nn1. The van der Waals surface area contributed by atoms with E-state index in [0.29, 0.717) is 12.8 Å². The molecule has 31 heavy (non-hydrogen) atoms. The Morgan fingerprint density at radius 3 is 2.35 bits per heavy atom. The van der Waals surface area contributed by atoms with Crippen LogP contribution in [0, 0.1) is 0 Å². The van der Waals surface area contributed by atoms with E-state index in [2.05, 4.69) is 20.6 Å². The lowest BCUT2D eigenvalue weighted by Gasteiger charge is -2.30. The summed E-state index contributed by atoms with van der Waals surface area (Å²) in [7, 11) is 1.30. The van der Waals surface area contributed by atoms with Crippen LogP contribution in [0.15, 0.2) is 18.3 Å². The Morgan fingerprint density at radius 1 is 1.23 bits per heavy atom. The molecule has 0 aliphatic carbocycles. The largest absolute Gasteiger partial charge is 0.497 e. The number of hydrogen-bond donors (Lipinski definition) is 3. The maximum Gasteiger partial charge on any atom is 0.416 e. The minimum atomic E-state index is -4.81. The molecule has 0 aromatic carbocycles. The summed E-state index contributed by atoms with van der Waals surface area (Å²) in [4.78, 5) is 27.9. The molecule has 0 saturated heterocycles. The van der Waals surface area contributed by atoms with Crippen molar-refractivity contribution in [1.29, 1.82) is 0 Å². The van der Waals surface area contributed by atoms with E-state index in [0.717, 1.165) is 10.7 Å². The lowest BCUT2D eigenvalue weighted by atomic mass is 9.89. The summed E-state index contributed by atoms with van der Waals surface area (Å²) in [6.45, 7) is 2.61. The number of aromatic nitrogens is 4. The number of aromatic carboxylic acids is 1. The minimum Gasteiger partial charge on any atom is -0.497 e. The molecular weight excluding hydrogens is 423 g/mol. The summed E-state index contributed by atoms with van der Waals surface area (Å²) in [6, 6.07) is 2.41. The molecule has 2 rings (SSSR count). The number of amides is 1. The average molecular weight is 445 g/mol. The molecule has 0 saturated carbocycles. The molecule has 170 valence electrons. The first-order chi connectivity index (χ1) is 14.5. The van der Waals surface area contributed by atoms with Gasteiger partial charge in [-0.3, -0.25) is 4.79 Å². The molecule has 1 amide bonds. The third-order valence-electron chi connectivity index (χ3n) is 4.81. The van der Waals surface area contributed by atoms with Gasteiger partial charge in [0, 0.05) is 12.1 Å². The van der Waals surface area contributed by atoms with Crippen LogP contribution in [0.1, 0.15) is 53.4 Å². The summed E-state index contributed by atoms with van der Waals surface area (Å²) < 4.78 is 43.6. The number of halogens is 3. The fourth-order valence-corrected chi connectivity index (χ4v) is 2.87. The van der Waals surface area contributed by atoms with Crippen LogP contribution in [0.3, 0.4) is 0 Å². The highest BCUT2D eigenvalue weighted by atomic mass is 19.4. The van der Waals surface area contributed by atoms with Gasteiger partial charge in [0.1, 0.15) is 17.1 Å². The summed E-state index contributed by atoms with van der Waals surface area (Å²) >= 11 is 0. The topological polar surface area (TPSA) is 139 Å². The highest BCUT2D eigenvalue weighted by Crippen LogP contribution is 2.28. The molecule has 2 heterocycles. The van der Waals surface area contributed by atoms with Crippen LogP contribution in [0.2, 0.25) is 0 Å². The van der Waals surface area contributed by atoms with Gasteiger partial charge >= 0.3 is 12.1 Å². The van der Waals surface area contributed by atoms with E-state index in [9.17, 15) is 33.0 Å². The number of aliphatic hydroxyl groups excluding tert-OH is 1. The highest BCUT2D eigenvalue weighted by molar-refractivity contribution is 5.95. The lowest BCUT2D eigenvalue weighted by molar-refractivity contribution is -0.208. The van der Waals surface area contributed by atoms with Crippen LogP contribution in [0.4, 0.5) is 13.2 Å². The zero-order chi connectivity index (χ0) is 23.4. The van der Waals surface area contributed by atoms with Crippen LogP contribution in [0.25, 0.3) is 0 Å². The maximum absolute atomic E-state index is 12.8. The Bertz CT molecular complexity index is 943. The van der Waals surface area contributed by atoms with Crippen molar-refractivity contribution in [2.24, 2.45) is 0 Å². The first-order valence-corrected chi connectivity index (χ1v) is 9.23. The number of carboxylic acid groups (broad SMARTS) is 1. The van der Waals surface area contributed by atoms with Gasteiger partial charge in [0.25, 0.3) is 5.91 Å². The van der Waals surface area contributed by atoms with Gasteiger partial charge in [-0.05, 0) is 12.8 Å². The third kappa shape index (κ3) is 5.48. The van der Waals surface area contributed by atoms with Crippen LogP contribution in [0.5, 0.6) is 5.75 Å². The molecule has 10 nitrogen and oxygen atoms in total. The van der Waals surface area contributed by atoms with E-state index in [1.54, 1.807) is 13.8 Å². The first kappa shape index (κ1) is 24.1. The molecule has 0 fully saturated rings. The van der Waals surface area contributed by atoms with Gasteiger partial charge in [-0.15, -0.1) is 5.10 Å². The Kier molecular flexibility index (Phi) is 7.21. The molecule has 1 atom stereocenters. The normalized spacial score (nSPS) is 13.0. The Labute approximate surface area is 175 Å². The average Bonchev–Trinajstić information content (AvgIpc) is 3.19. The van der Waals surface area contributed by atoms with Crippen molar-refractivity contribution in [2.45, 2.75) is 51.1 Å². The van der Waals surface area contributed by atoms with Gasteiger partial charge in [-0.1, -0.05) is 19.1 Å². The number of nitrogens with one attached hydrogen (secondary N) is 1. The molecule has 2 aromatic heterocycles. The van der Waals surface area contributed by atoms with Crippen molar-refractivity contribution in [3.8, 4) is 5.75 Å². The van der Waals surface area contributed by atoms with Gasteiger partial charge in [-0.25, -0.2) is 14.5 Å². The number of hydrogen-bond acceptors (Lipinski definition) is 7. The minimum absolute atomic E-state index is 0.114. The van der Waals surface area contributed by atoms with E-state index in [1.807, 2.05) is 0 Å². The van der Waals surface area contributed by atoms with Crippen LogP contribution in [-0.4, -0.2) is 61.5 Å². The molecule has 0 spiro atoms. The number of methoxy groups -OCH3 is 1. The van der Waals surface area contributed by atoms with Crippen molar-refractivity contribution < 1.29 is 37.7 Å². The van der Waals surface area contributed by atoms with E-state index in [-0.39, 0.29) is 17.1 Å². The predicted octanol–water partition coefficient (Wildman–Crippen LogP) is 1.75. The first-order valence-electron chi connectivity index (χ1n) is 9.23. The predicted molar refractivity (Wildman–Crippen MR) is 99.6 cm³/mol. The van der Waals surface area contributed by atoms with Gasteiger partial charge in [0.2, 0.25) is 0 Å². The monoisotopic (exact) mass is 445 g/mol. The number of carbonyl (C=O) groups excluding carboxylic acids is 1. The standard InChI is InChI=1S/C18H22F3N5O5/c1-4-17(5-2,13-8-26(25-24-13)9-14(27)18(19,20)21)23-15(28)11-6-10(31-3)7-12(22-11)16(29)30/h6-8,14,27H,4-5,9H2,1-3H3,(H,23,28)(H,29,30). The van der Waals surface area contributed by atoms with Gasteiger partial charge in [0.15, 0.2) is 11.8 Å². The Balaban J connectivity index is 2.33. The zero-order valence-corrected chi connectivity index (χ0v) is 17.0. The molecule has 0 bridgehead atoms. The van der Waals surface area contributed by atoms with E-state index in [4.69, 9.17) is 4.74 Å². The molecule has 0 aliphatic heterocycles. The number of nitrogens with zero attached hydrogens (tertiary/aromatic N) is 4. The van der Waals surface area contributed by atoms with Gasteiger partial charge in [0.05, 0.1) is 25.4 Å². The second-order valence-electron chi connectivity index (χ2n) is 6.71. The van der Waals surface area contributed by atoms with Gasteiger partial charge in [-0.2, -0.15) is 13.2 Å².